The fourth-order valence-corrected chi connectivity index (χ4v) is 7.06. The second-order valence-electron chi connectivity index (χ2n) is 11.6. The molecular formula is C30H43N3O6. The van der Waals surface area contributed by atoms with E-state index in [0.29, 0.717) is 63.5 Å². The lowest BCUT2D eigenvalue weighted by atomic mass is 9.77. The summed E-state index contributed by atoms with van der Waals surface area (Å²) in [6, 6.07) is 4.12. The van der Waals surface area contributed by atoms with E-state index in [1.807, 2.05) is 11.0 Å². The van der Waals surface area contributed by atoms with Crippen LogP contribution in [0.1, 0.15) is 62.5 Å². The number of amides is 3. The summed E-state index contributed by atoms with van der Waals surface area (Å²) in [5.74, 6) is 2.19. The topological polar surface area (TPSA) is 97.4 Å². The Kier molecular flexibility index (Phi) is 8.95. The van der Waals surface area contributed by atoms with Gasteiger partial charge in [0.2, 0.25) is 11.8 Å². The standard InChI is InChI=1S/C30H43N3O6/c1-37-26-16-20-10-11-28(35)33-18-21-15-23(19-32(17-21)30(36)25-8-5-13-39-25)24(33)7-3-9-27(34)31-12-4-6-22(14-20)29(26)38-2/h14,16,21,23-25H,3-13,15,17-19H2,1-2H3,(H,31,34)/t21-,23+,24-,25-/m0/s1. The minimum atomic E-state index is -0.311. The third kappa shape index (κ3) is 6.34. The number of rotatable bonds is 3. The molecule has 1 N–H and O–H groups in total. The smallest absolute Gasteiger partial charge is 0.251 e. The number of carbonyl (C=O) groups is 3. The molecular weight excluding hydrogens is 498 g/mol. The number of likely N-dealkylation sites (tertiary alicyclic amines) is 1. The maximum atomic E-state index is 13.7. The first-order valence-corrected chi connectivity index (χ1v) is 14.7. The molecule has 4 aliphatic rings. The number of aryl methyl sites for hydroxylation is 2. The van der Waals surface area contributed by atoms with Crippen LogP contribution in [0, 0.1) is 11.8 Å². The van der Waals surface area contributed by atoms with Crippen LogP contribution >= 0.6 is 0 Å². The minimum absolute atomic E-state index is 0.0375. The number of piperidine rings is 2. The van der Waals surface area contributed by atoms with Gasteiger partial charge in [-0.3, -0.25) is 14.4 Å². The molecule has 5 rings (SSSR count). The van der Waals surface area contributed by atoms with Crippen molar-refractivity contribution in [2.45, 2.75) is 76.4 Å². The van der Waals surface area contributed by atoms with Gasteiger partial charge in [-0.2, -0.15) is 0 Å². The molecule has 3 amide bonds. The van der Waals surface area contributed by atoms with Crippen LogP contribution in [-0.2, 0) is 32.0 Å². The number of ether oxygens (including phenoxy) is 3. The molecule has 0 unspecified atom stereocenters. The summed E-state index contributed by atoms with van der Waals surface area (Å²) in [4.78, 5) is 43.6. The van der Waals surface area contributed by atoms with Gasteiger partial charge in [-0.05, 0) is 80.4 Å². The van der Waals surface area contributed by atoms with Crippen molar-refractivity contribution >= 4 is 17.7 Å². The van der Waals surface area contributed by atoms with E-state index in [1.54, 1.807) is 14.2 Å². The monoisotopic (exact) mass is 541 g/mol. The van der Waals surface area contributed by atoms with Gasteiger partial charge in [0, 0.05) is 51.7 Å². The highest BCUT2D eigenvalue weighted by Crippen LogP contribution is 2.37. The highest BCUT2D eigenvalue weighted by molar-refractivity contribution is 5.81. The molecule has 1 aromatic rings. The summed E-state index contributed by atoms with van der Waals surface area (Å²) in [5.41, 5.74) is 2.08. The van der Waals surface area contributed by atoms with Crippen LogP contribution in [0.2, 0.25) is 0 Å². The molecule has 4 aliphatic heterocycles. The quantitative estimate of drug-likeness (QED) is 0.632. The maximum absolute atomic E-state index is 13.7. The van der Waals surface area contributed by atoms with E-state index in [2.05, 4.69) is 16.3 Å². The molecule has 0 saturated carbocycles. The molecule has 9 nitrogen and oxygen atoms in total. The highest BCUT2D eigenvalue weighted by atomic mass is 16.5. The van der Waals surface area contributed by atoms with Gasteiger partial charge in [-0.15, -0.1) is 0 Å². The van der Waals surface area contributed by atoms with Crippen LogP contribution in [-0.4, -0.2) is 86.7 Å². The highest BCUT2D eigenvalue weighted by Gasteiger charge is 2.44. The zero-order chi connectivity index (χ0) is 27.4. The van der Waals surface area contributed by atoms with E-state index in [9.17, 15) is 14.4 Å². The number of benzene rings is 1. The molecule has 4 atom stereocenters. The molecule has 9 heteroatoms. The summed E-state index contributed by atoms with van der Waals surface area (Å²) < 4.78 is 16.9. The summed E-state index contributed by atoms with van der Waals surface area (Å²) >= 11 is 0. The van der Waals surface area contributed by atoms with Crippen LogP contribution in [0.15, 0.2) is 12.1 Å². The molecule has 4 heterocycles. The Balaban J connectivity index is 1.35. The number of methoxy groups -OCH3 is 2. The van der Waals surface area contributed by atoms with Crippen molar-refractivity contribution in [1.29, 1.82) is 0 Å². The molecule has 0 aliphatic carbocycles. The van der Waals surface area contributed by atoms with Crippen molar-refractivity contribution in [3.05, 3.63) is 23.3 Å². The van der Waals surface area contributed by atoms with Crippen LogP contribution in [0.4, 0.5) is 0 Å². The number of nitrogens with zero attached hydrogens (tertiary/aromatic N) is 2. The fraction of sp³-hybridized carbons (Fsp3) is 0.700. The lowest BCUT2D eigenvalue weighted by Crippen LogP contribution is -2.61. The maximum Gasteiger partial charge on any atom is 0.251 e. The van der Waals surface area contributed by atoms with Crippen molar-refractivity contribution in [3.8, 4) is 11.5 Å². The number of fused-ring (bicyclic) bond motifs is 6. The first-order chi connectivity index (χ1) is 19.0. The van der Waals surface area contributed by atoms with Gasteiger partial charge in [-0.25, -0.2) is 0 Å². The van der Waals surface area contributed by atoms with Gasteiger partial charge in [0.1, 0.15) is 6.10 Å². The number of nitrogens with one attached hydrogen (secondary N) is 1. The van der Waals surface area contributed by atoms with E-state index >= 15 is 0 Å². The SMILES string of the molecule is COc1cc2cc(c1OC)CCCNC(=O)CCC[C@H]1[C@@H]3C[C@@H](CN(C(=O)[C@@H]4CCCO4)C3)CN1C(=O)CC2. The lowest BCUT2D eigenvalue weighted by molar-refractivity contribution is -0.151. The van der Waals surface area contributed by atoms with Gasteiger partial charge < -0.3 is 29.3 Å². The van der Waals surface area contributed by atoms with Crippen LogP contribution in [0.3, 0.4) is 0 Å². The third-order valence-electron chi connectivity index (χ3n) is 8.90. The molecule has 0 spiro atoms. The molecule has 0 aromatic heterocycles. The van der Waals surface area contributed by atoms with Crippen LogP contribution in [0.25, 0.3) is 0 Å². The summed E-state index contributed by atoms with van der Waals surface area (Å²) in [6.07, 6.45) is 6.99. The zero-order valence-corrected chi connectivity index (χ0v) is 23.4. The molecule has 3 saturated heterocycles. The van der Waals surface area contributed by atoms with E-state index in [4.69, 9.17) is 14.2 Å². The zero-order valence-electron chi connectivity index (χ0n) is 23.4. The van der Waals surface area contributed by atoms with Crippen molar-refractivity contribution in [1.82, 2.24) is 15.1 Å². The van der Waals surface area contributed by atoms with Crippen LogP contribution < -0.4 is 14.8 Å². The Labute approximate surface area is 231 Å². The Bertz CT molecular complexity index is 1060. The summed E-state index contributed by atoms with van der Waals surface area (Å²) in [5, 5.41) is 3.06. The summed E-state index contributed by atoms with van der Waals surface area (Å²) in [6.45, 7) is 3.28. The Morgan fingerprint density at radius 3 is 2.62 bits per heavy atom. The Morgan fingerprint density at radius 1 is 0.974 bits per heavy atom. The molecule has 214 valence electrons. The molecule has 39 heavy (non-hydrogen) atoms. The minimum Gasteiger partial charge on any atom is -0.493 e. The van der Waals surface area contributed by atoms with E-state index in [-0.39, 0.29) is 41.7 Å². The lowest BCUT2D eigenvalue weighted by Gasteiger charge is -2.51. The van der Waals surface area contributed by atoms with Crippen molar-refractivity contribution < 1.29 is 28.6 Å². The number of hydrogen-bond acceptors (Lipinski definition) is 6. The van der Waals surface area contributed by atoms with Gasteiger partial charge in [0.05, 0.1) is 14.2 Å². The Morgan fingerprint density at radius 2 is 1.85 bits per heavy atom. The van der Waals surface area contributed by atoms with E-state index in [0.717, 1.165) is 56.1 Å². The van der Waals surface area contributed by atoms with Gasteiger partial charge in [0.25, 0.3) is 5.91 Å². The first-order valence-electron chi connectivity index (χ1n) is 14.7. The summed E-state index contributed by atoms with van der Waals surface area (Å²) in [7, 11) is 3.27. The predicted octanol–water partition coefficient (Wildman–Crippen LogP) is 2.72. The molecule has 3 fully saturated rings. The normalized spacial score (nSPS) is 28.5. The Hall–Kier alpha value is -2.81. The average molecular weight is 542 g/mol. The van der Waals surface area contributed by atoms with Crippen LogP contribution in [0.5, 0.6) is 11.5 Å². The van der Waals surface area contributed by atoms with Gasteiger partial charge >= 0.3 is 0 Å². The van der Waals surface area contributed by atoms with E-state index in [1.165, 1.54) is 0 Å². The van der Waals surface area contributed by atoms with Gasteiger partial charge in [-0.1, -0.05) is 6.07 Å². The molecule has 4 bridgehead atoms. The second-order valence-corrected chi connectivity index (χ2v) is 11.6. The van der Waals surface area contributed by atoms with Gasteiger partial charge in [0.15, 0.2) is 11.5 Å². The van der Waals surface area contributed by atoms with E-state index < -0.39 is 0 Å². The van der Waals surface area contributed by atoms with Crippen molar-refractivity contribution in [2.24, 2.45) is 11.8 Å². The average Bonchev–Trinajstić information content (AvgIpc) is 3.48. The largest absolute Gasteiger partial charge is 0.493 e. The van der Waals surface area contributed by atoms with Crippen molar-refractivity contribution in [2.75, 3.05) is 47.0 Å². The number of carbonyl (C=O) groups excluding carboxylic acids is 3. The van der Waals surface area contributed by atoms with Crippen molar-refractivity contribution in [3.63, 3.8) is 0 Å². The first kappa shape index (κ1) is 27.7. The fourth-order valence-electron chi connectivity index (χ4n) is 7.06. The predicted molar refractivity (Wildman–Crippen MR) is 146 cm³/mol. The molecule has 1 aromatic carbocycles. The number of hydrogen-bond donors (Lipinski definition) is 1. The second kappa shape index (κ2) is 12.6. The third-order valence-corrected chi connectivity index (χ3v) is 8.90. The molecule has 0 radical (unpaired) electrons.